The van der Waals surface area contributed by atoms with Crippen molar-refractivity contribution in [3.8, 4) is 6.07 Å². The van der Waals surface area contributed by atoms with E-state index in [2.05, 4.69) is 56.1 Å². The van der Waals surface area contributed by atoms with Crippen LogP contribution < -0.4 is 4.90 Å². The molecule has 0 aliphatic carbocycles. The minimum Gasteiger partial charge on any atom is -0.351 e. The van der Waals surface area contributed by atoms with E-state index in [1.165, 1.54) is 11.1 Å². The summed E-state index contributed by atoms with van der Waals surface area (Å²) in [5.74, 6) is 0.911. The molecule has 0 amide bonds. The van der Waals surface area contributed by atoms with Crippen LogP contribution in [0.4, 0.5) is 5.82 Å². The quantitative estimate of drug-likeness (QED) is 0.811. The second-order valence-corrected chi connectivity index (χ2v) is 5.44. The van der Waals surface area contributed by atoms with Crippen molar-refractivity contribution in [2.45, 2.75) is 13.0 Å². The van der Waals surface area contributed by atoms with Gasteiger partial charge in [-0.2, -0.15) is 5.26 Å². The van der Waals surface area contributed by atoms with E-state index in [-0.39, 0.29) is 0 Å². The Kier molecular flexibility index (Phi) is 3.22. The minimum atomic E-state index is 0.577. The highest BCUT2D eigenvalue weighted by atomic mass is 79.9. The second kappa shape index (κ2) is 5.02. The first kappa shape index (κ1) is 12.2. The summed E-state index contributed by atoms with van der Waals surface area (Å²) in [5.41, 5.74) is 3.35. The van der Waals surface area contributed by atoms with Gasteiger partial charge in [0, 0.05) is 19.3 Å². The first-order chi connectivity index (χ1) is 9.28. The Balaban J connectivity index is 1.91. The van der Waals surface area contributed by atoms with Gasteiger partial charge in [-0.15, -0.1) is 0 Å². The molecule has 0 spiro atoms. The fraction of sp³-hybridized carbons (Fsp3) is 0.200. The highest BCUT2D eigenvalue weighted by Crippen LogP contribution is 2.29. The number of halogens is 1. The number of anilines is 1. The van der Waals surface area contributed by atoms with Gasteiger partial charge in [0.15, 0.2) is 0 Å². The lowest BCUT2D eigenvalue weighted by Crippen LogP contribution is -2.31. The van der Waals surface area contributed by atoms with E-state index in [0.29, 0.717) is 5.56 Å². The first-order valence-electron chi connectivity index (χ1n) is 6.15. The molecule has 1 aromatic carbocycles. The van der Waals surface area contributed by atoms with Crippen LogP contribution in [0.15, 0.2) is 41.0 Å². The van der Waals surface area contributed by atoms with Crippen LogP contribution in [0.2, 0.25) is 0 Å². The van der Waals surface area contributed by atoms with Gasteiger partial charge in [0.2, 0.25) is 0 Å². The maximum absolute atomic E-state index is 8.87. The van der Waals surface area contributed by atoms with Gasteiger partial charge in [0.05, 0.1) is 10.0 Å². The number of nitriles is 1. The number of pyridine rings is 1. The molecule has 0 saturated heterocycles. The van der Waals surface area contributed by atoms with Crippen LogP contribution in [0, 0.1) is 11.3 Å². The average molecular weight is 314 g/mol. The van der Waals surface area contributed by atoms with E-state index >= 15 is 0 Å². The smallest absolute Gasteiger partial charge is 0.143 e. The Morgan fingerprint density at radius 2 is 2.05 bits per heavy atom. The molecule has 1 aliphatic heterocycles. The van der Waals surface area contributed by atoms with E-state index in [9.17, 15) is 0 Å². The summed E-state index contributed by atoms with van der Waals surface area (Å²) in [5, 5.41) is 8.87. The van der Waals surface area contributed by atoms with Gasteiger partial charge in [0.25, 0.3) is 0 Å². The van der Waals surface area contributed by atoms with Crippen molar-refractivity contribution < 1.29 is 0 Å². The Labute approximate surface area is 120 Å². The Morgan fingerprint density at radius 3 is 2.79 bits per heavy atom. The lowest BCUT2D eigenvalue weighted by molar-refractivity contribution is 0.719. The Morgan fingerprint density at radius 1 is 1.26 bits per heavy atom. The fourth-order valence-corrected chi connectivity index (χ4v) is 3.00. The van der Waals surface area contributed by atoms with Gasteiger partial charge < -0.3 is 4.90 Å². The molecule has 1 aliphatic rings. The average Bonchev–Trinajstić information content (AvgIpc) is 2.46. The topological polar surface area (TPSA) is 39.9 Å². The van der Waals surface area contributed by atoms with Crippen molar-refractivity contribution in [3.05, 3.63) is 57.7 Å². The van der Waals surface area contributed by atoms with E-state index < -0.39 is 0 Å². The molecule has 2 heterocycles. The largest absolute Gasteiger partial charge is 0.351 e. The predicted octanol–water partition coefficient (Wildman–Crippen LogP) is 3.28. The Hall–Kier alpha value is -1.86. The number of rotatable bonds is 1. The summed E-state index contributed by atoms with van der Waals surface area (Å²) in [6.07, 6.45) is 2.66. The molecule has 0 atom stereocenters. The molecule has 2 aromatic rings. The molecule has 94 valence electrons. The molecule has 0 saturated carbocycles. The second-order valence-electron chi connectivity index (χ2n) is 4.58. The molecule has 1 aromatic heterocycles. The highest BCUT2D eigenvalue weighted by molar-refractivity contribution is 9.10. The van der Waals surface area contributed by atoms with Gasteiger partial charge in [-0.1, -0.05) is 24.3 Å². The van der Waals surface area contributed by atoms with E-state index in [1.54, 1.807) is 6.20 Å². The summed E-state index contributed by atoms with van der Waals surface area (Å²) < 4.78 is 0.880. The normalized spacial score (nSPS) is 13.8. The van der Waals surface area contributed by atoms with Gasteiger partial charge in [-0.05, 0) is 39.5 Å². The van der Waals surface area contributed by atoms with Crippen LogP contribution in [0.1, 0.15) is 16.7 Å². The molecule has 3 nitrogen and oxygen atoms in total. The molecule has 0 radical (unpaired) electrons. The number of hydrogen-bond acceptors (Lipinski definition) is 3. The first-order valence-corrected chi connectivity index (χ1v) is 6.94. The zero-order chi connectivity index (χ0) is 13.2. The number of benzene rings is 1. The van der Waals surface area contributed by atoms with Crippen LogP contribution in [0.5, 0.6) is 0 Å². The molecule has 0 bridgehead atoms. The number of fused-ring (bicyclic) bond motifs is 1. The Bertz CT molecular complexity index is 661. The third-order valence-corrected chi connectivity index (χ3v) is 3.96. The zero-order valence-corrected chi connectivity index (χ0v) is 11.9. The number of nitrogens with zero attached hydrogens (tertiary/aromatic N) is 3. The van der Waals surface area contributed by atoms with Gasteiger partial charge in [-0.25, -0.2) is 4.98 Å². The van der Waals surface area contributed by atoms with Crippen LogP contribution in [-0.2, 0) is 13.0 Å². The van der Waals surface area contributed by atoms with E-state index in [0.717, 1.165) is 29.8 Å². The van der Waals surface area contributed by atoms with Crippen LogP contribution in [-0.4, -0.2) is 11.5 Å². The van der Waals surface area contributed by atoms with Crippen molar-refractivity contribution in [1.82, 2.24) is 4.98 Å². The van der Waals surface area contributed by atoms with Crippen LogP contribution >= 0.6 is 15.9 Å². The monoisotopic (exact) mass is 313 g/mol. The molecule has 19 heavy (non-hydrogen) atoms. The van der Waals surface area contributed by atoms with E-state index in [1.807, 2.05) is 6.07 Å². The van der Waals surface area contributed by atoms with Crippen molar-refractivity contribution in [2.24, 2.45) is 0 Å². The summed E-state index contributed by atoms with van der Waals surface area (Å²) >= 11 is 3.51. The lowest BCUT2D eigenvalue weighted by atomic mass is 10.00. The molecule has 0 N–H and O–H groups in total. The van der Waals surface area contributed by atoms with Crippen LogP contribution in [0.3, 0.4) is 0 Å². The summed E-state index contributed by atoms with van der Waals surface area (Å²) in [6, 6.07) is 12.4. The minimum absolute atomic E-state index is 0.577. The molecule has 3 rings (SSSR count). The highest BCUT2D eigenvalue weighted by Gasteiger charge is 2.18. The van der Waals surface area contributed by atoms with Crippen molar-refractivity contribution in [2.75, 3.05) is 11.4 Å². The summed E-state index contributed by atoms with van der Waals surface area (Å²) in [7, 11) is 0. The van der Waals surface area contributed by atoms with Gasteiger partial charge in [-0.3, -0.25) is 0 Å². The summed E-state index contributed by atoms with van der Waals surface area (Å²) in [4.78, 5) is 6.65. The molecule has 0 fully saturated rings. The van der Waals surface area contributed by atoms with Crippen LogP contribution in [0.25, 0.3) is 0 Å². The molecule has 0 unspecified atom stereocenters. The maximum Gasteiger partial charge on any atom is 0.143 e. The summed E-state index contributed by atoms with van der Waals surface area (Å²) in [6.45, 7) is 1.82. The number of aromatic nitrogens is 1. The van der Waals surface area contributed by atoms with Crippen molar-refractivity contribution >= 4 is 21.7 Å². The predicted molar refractivity (Wildman–Crippen MR) is 77.8 cm³/mol. The van der Waals surface area contributed by atoms with Gasteiger partial charge in [0.1, 0.15) is 11.9 Å². The third kappa shape index (κ3) is 2.34. The molecular weight excluding hydrogens is 302 g/mol. The third-order valence-electron chi connectivity index (χ3n) is 3.38. The van der Waals surface area contributed by atoms with E-state index in [4.69, 9.17) is 5.26 Å². The van der Waals surface area contributed by atoms with Gasteiger partial charge >= 0.3 is 0 Å². The number of hydrogen-bond donors (Lipinski definition) is 0. The standard InChI is InChI=1S/C15H12BrN3/c16-14-7-11(8-17)9-18-15(14)19-6-5-12-3-1-2-4-13(12)10-19/h1-4,7,9H,5-6,10H2. The van der Waals surface area contributed by atoms with Crippen molar-refractivity contribution in [1.29, 1.82) is 5.26 Å². The SMILES string of the molecule is N#Cc1cnc(N2CCc3ccccc3C2)c(Br)c1. The maximum atomic E-state index is 8.87. The molecule has 4 heteroatoms. The van der Waals surface area contributed by atoms with Crippen molar-refractivity contribution in [3.63, 3.8) is 0 Å². The molecular formula is C15H12BrN3. The fourth-order valence-electron chi connectivity index (χ4n) is 2.40. The lowest BCUT2D eigenvalue weighted by Gasteiger charge is -2.30. The zero-order valence-electron chi connectivity index (χ0n) is 10.3.